The van der Waals surface area contributed by atoms with E-state index >= 15 is 4.39 Å². The average molecular weight is 645 g/mol. The summed E-state index contributed by atoms with van der Waals surface area (Å²) in [5.74, 6) is -1.28. The van der Waals surface area contributed by atoms with E-state index in [9.17, 15) is 18.8 Å². The van der Waals surface area contributed by atoms with Crippen LogP contribution in [-0.2, 0) is 22.4 Å². The molecule has 6 rings (SSSR count). The highest BCUT2D eigenvalue weighted by atomic mass is 19.1. The van der Waals surface area contributed by atoms with Gasteiger partial charge in [-0.05, 0) is 68.3 Å². The van der Waals surface area contributed by atoms with Crippen LogP contribution in [0.3, 0.4) is 0 Å². The van der Waals surface area contributed by atoms with Crippen molar-refractivity contribution < 1.29 is 37.4 Å². The molecule has 1 aliphatic carbocycles. The number of carbonyl (C=O) groups is 3. The molecule has 12 heteroatoms. The van der Waals surface area contributed by atoms with E-state index in [1.165, 1.54) is 55.9 Å². The van der Waals surface area contributed by atoms with Crippen LogP contribution in [0.5, 0.6) is 23.1 Å². The number of nitrogens with zero attached hydrogens (tertiary/aromatic N) is 4. The Kier molecular flexibility index (Phi) is 8.87. The number of hydrogen-bond acceptors (Lipinski definition) is 9. The SMILES string of the molecule is COc1cc2c(Oc3ccc(CC(=O)C4(C(=O)Cc5ccc(F)cc5)CC4)cc3F)ncnc2cc1OC(=O)N1CCN(C)C[C@H]1C. The number of halogens is 2. The first-order valence-corrected chi connectivity index (χ1v) is 15.3. The minimum Gasteiger partial charge on any atom is -0.493 e. The van der Waals surface area contributed by atoms with Gasteiger partial charge in [0, 0.05) is 44.6 Å². The number of ether oxygens (including phenoxy) is 3. The number of carbonyl (C=O) groups excluding carboxylic acids is 3. The van der Waals surface area contributed by atoms with Crippen LogP contribution in [-0.4, -0.2) is 77.3 Å². The first-order chi connectivity index (χ1) is 22.6. The molecule has 1 saturated carbocycles. The average Bonchev–Trinajstić information content (AvgIpc) is 3.86. The van der Waals surface area contributed by atoms with Crippen LogP contribution in [0.2, 0.25) is 0 Å². The molecule has 47 heavy (non-hydrogen) atoms. The first kappa shape index (κ1) is 32.0. The molecule has 2 fully saturated rings. The van der Waals surface area contributed by atoms with Gasteiger partial charge in [-0.3, -0.25) is 9.59 Å². The number of benzene rings is 3. The van der Waals surface area contributed by atoms with Crippen molar-refractivity contribution in [1.82, 2.24) is 19.8 Å². The van der Waals surface area contributed by atoms with E-state index in [-0.39, 0.29) is 53.6 Å². The summed E-state index contributed by atoms with van der Waals surface area (Å²) in [5, 5.41) is 0.395. The highest BCUT2D eigenvalue weighted by molar-refractivity contribution is 6.11. The number of hydrogen-bond donors (Lipinski definition) is 0. The summed E-state index contributed by atoms with van der Waals surface area (Å²) in [7, 11) is 3.43. The van der Waals surface area contributed by atoms with Crippen LogP contribution in [0.25, 0.3) is 10.9 Å². The molecule has 2 heterocycles. The molecule has 244 valence electrons. The van der Waals surface area contributed by atoms with Gasteiger partial charge in [-0.15, -0.1) is 0 Å². The topological polar surface area (TPSA) is 111 Å². The van der Waals surface area contributed by atoms with E-state index in [0.29, 0.717) is 41.4 Å². The lowest BCUT2D eigenvalue weighted by Gasteiger charge is -2.37. The van der Waals surface area contributed by atoms with Crippen LogP contribution in [0.1, 0.15) is 30.9 Å². The first-order valence-electron chi connectivity index (χ1n) is 15.3. The predicted octanol–water partition coefficient (Wildman–Crippen LogP) is 5.55. The fourth-order valence-corrected chi connectivity index (χ4v) is 5.92. The highest BCUT2D eigenvalue weighted by Gasteiger charge is 2.54. The standard InChI is InChI=1S/C35H34F2N4O6/c1-21-19-40(2)12-13-41(21)34(44)47-30-18-27-25(17-29(30)45-3)33(39-20-38-27)46-28-9-6-23(14-26(28)37)16-32(43)35(10-11-35)31(42)15-22-4-7-24(36)8-5-22/h4-9,14,17-18,20-21H,10-13,15-16,19H2,1-3H3/t21-/m1/s1. The molecule has 1 atom stereocenters. The van der Waals surface area contributed by atoms with Gasteiger partial charge in [0.25, 0.3) is 0 Å². The van der Waals surface area contributed by atoms with Gasteiger partial charge in [0.2, 0.25) is 5.88 Å². The second-order valence-electron chi connectivity index (χ2n) is 12.1. The van der Waals surface area contributed by atoms with Crippen molar-refractivity contribution in [2.24, 2.45) is 5.41 Å². The number of fused-ring (bicyclic) bond motifs is 1. The van der Waals surface area contributed by atoms with Crippen molar-refractivity contribution in [3.63, 3.8) is 0 Å². The maximum Gasteiger partial charge on any atom is 0.415 e. The summed E-state index contributed by atoms with van der Waals surface area (Å²) in [4.78, 5) is 51.4. The minimum absolute atomic E-state index is 0.0282. The number of likely N-dealkylation sites (N-methyl/N-ethyl adjacent to an activating group) is 1. The molecule has 0 spiro atoms. The number of piperazine rings is 1. The van der Waals surface area contributed by atoms with Crippen LogP contribution < -0.4 is 14.2 Å². The quantitative estimate of drug-likeness (QED) is 0.205. The third kappa shape index (κ3) is 6.78. The Morgan fingerprint density at radius 2 is 1.60 bits per heavy atom. The van der Waals surface area contributed by atoms with Crippen molar-refractivity contribution in [3.05, 3.63) is 83.7 Å². The summed E-state index contributed by atoms with van der Waals surface area (Å²) in [6, 6.07) is 12.9. The van der Waals surface area contributed by atoms with E-state index < -0.39 is 23.1 Å². The van der Waals surface area contributed by atoms with Crippen LogP contribution >= 0.6 is 0 Å². The maximum absolute atomic E-state index is 15.3. The zero-order chi connectivity index (χ0) is 33.3. The molecule has 10 nitrogen and oxygen atoms in total. The zero-order valence-corrected chi connectivity index (χ0v) is 26.3. The smallest absolute Gasteiger partial charge is 0.415 e. The second kappa shape index (κ2) is 13.0. The Balaban J connectivity index is 1.15. The Labute approximate surface area is 270 Å². The molecule has 4 aromatic rings. The van der Waals surface area contributed by atoms with Crippen LogP contribution in [0.4, 0.5) is 13.6 Å². The summed E-state index contributed by atoms with van der Waals surface area (Å²) in [6.07, 6.45) is 1.55. The van der Waals surface area contributed by atoms with Gasteiger partial charge in [0.05, 0.1) is 23.4 Å². The molecular weight excluding hydrogens is 610 g/mol. The van der Waals surface area contributed by atoms with E-state index in [0.717, 1.165) is 13.1 Å². The van der Waals surface area contributed by atoms with Gasteiger partial charge in [-0.1, -0.05) is 18.2 Å². The van der Waals surface area contributed by atoms with Gasteiger partial charge in [-0.25, -0.2) is 23.5 Å². The Morgan fingerprint density at radius 3 is 2.26 bits per heavy atom. The minimum atomic E-state index is -1.09. The summed E-state index contributed by atoms with van der Waals surface area (Å²) in [5.41, 5.74) is 0.327. The van der Waals surface area contributed by atoms with Crippen molar-refractivity contribution in [3.8, 4) is 23.1 Å². The van der Waals surface area contributed by atoms with Gasteiger partial charge in [0.15, 0.2) is 34.6 Å². The molecule has 1 aliphatic heterocycles. The highest BCUT2D eigenvalue weighted by Crippen LogP contribution is 2.49. The van der Waals surface area contributed by atoms with Crippen molar-refractivity contribution >= 4 is 28.6 Å². The van der Waals surface area contributed by atoms with E-state index in [1.807, 2.05) is 14.0 Å². The number of amides is 1. The molecule has 0 radical (unpaired) electrons. The molecule has 0 unspecified atom stereocenters. The largest absolute Gasteiger partial charge is 0.493 e. The number of aromatic nitrogens is 2. The Morgan fingerprint density at radius 1 is 0.894 bits per heavy atom. The molecule has 1 saturated heterocycles. The number of rotatable bonds is 10. The van der Waals surface area contributed by atoms with Gasteiger partial charge in [-0.2, -0.15) is 0 Å². The summed E-state index contributed by atoms with van der Waals surface area (Å²) in [6.45, 7) is 3.94. The lowest BCUT2D eigenvalue weighted by atomic mass is 9.88. The van der Waals surface area contributed by atoms with E-state index in [1.54, 1.807) is 17.0 Å². The summed E-state index contributed by atoms with van der Waals surface area (Å²) < 4.78 is 45.6. The lowest BCUT2D eigenvalue weighted by molar-refractivity contribution is -0.133. The van der Waals surface area contributed by atoms with Crippen molar-refractivity contribution in [2.75, 3.05) is 33.8 Å². The molecule has 0 bridgehead atoms. The van der Waals surface area contributed by atoms with Crippen LogP contribution in [0.15, 0.2) is 60.9 Å². The molecule has 1 amide bonds. The van der Waals surface area contributed by atoms with Gasteiger partial charge < -0.3 is 24.0 Å². The predicted molar refractivity (Wildman–Crippen MR) is 168 cm³/mol. The number of methoxy groups -OCH3 is 1. The number of Topliss-reactive ketones (excluding diaryl/α,β-unsaturated/α-hetero) is 2. The fourth-order valence-electron chi connectivity index (χ4n) is 5.92. The molecule has 1 aromatic heterocycles. The third-order valence-electron chi connectivity index (χ3n) is 8.81. The fraction of sp³-hybridized carbons (Fsp3) is 0.343. The monoisotopic (exact) mass is 644 g/mol. The molecule has 2 aliphatic rings. The second-order valence-corrected chi connectivity index (χ2v) is 12.1. The van der Waals surface area contributed by atoms with Crippen molar-refractivity contribution in [1.29, 1.82) is 0 Å². The Hall–Kier alpha value is -4.97. The zero-order valence-electron chi connectivity index (χ0n) is 26.3. The van der Waals surface area contributed by atoms with Gasteiger partial charge >= 0.3 is 6.09 Å². The molecule has 0 N–H and O–H groups in total. The Bertz CT molecular complexity index is 1850. The maximum atomic E-state index is 15.3. The number of ketones is 2. The third-order valence-corrected chi connectivity index (χ3v) is 8.81. The van der Waals surface area contributed by atoms with E-state index in [4.69, 9.17) is 14.2 Å². The normalized spacial score (nSPS) is 17.3. The molecular formula is C35H34F2N4O6. The van der Waals surface area contributed by atoms with Crippen LogP contribution in [0, 0.1) is 17.0 Å². The van der Waals surface area contributed by atoms with Crippen molar-refractivity contribution in [2.45, 2.75) is 38.6 Å². The van der Waals surface area contributed by atoms with Gasteiger partial charge in [0.1, 0.15) is 12.1 Å². The summed E-state index contributed by atoms with van der Waals surface area (Å²) >= 11 is 0. The molecule has 3 aromatic carbocycles. The lowest BCUT2D eigenvalue weighted by Crippen LogP contribution is -2.53. The van der Waals surface area contributed by atoms with E-state index in [2.05, 4.69) is 14.9 Å².